The molecule has 4 N–H and O–H groups in total. The quantitative estimate of drug-likeness (QED) is 0.657. The molecule has 0 aliphatic carbocycles. The molecule has 4 heterocycles. The van der Waals surface area contributed by atoms with Crippen molar-refractivity contribution in [1.82, 2.24) is 29.7 Å². The summed E-state index contributed by atoms with van der Waals surface area (Å²) in [6.07, 6.45) is 1.42. The van der Waals surface area contributed by atoms with Crippen molar-refractivity contribution in [3.8, 4) is 0 Å². The van der Waals surface area contributed by atoms with Crippen LogP contribution in [-0.4, -0.2) is 95.4 Å². The van der Waals surface area contributed by atoms with Crippen LogP contribution in [0, 0.1) is 0 Å². The van der Waals surface area contributed by atoms with Gasteiger partial charge in [0.15, 0.2) is 17.0 Å². The van der Waals surface area contributed by atoms with Crippen molar-refractivity contribution >= 4 is 22.8 Å². The Labute approximate surface area is 164 Å². The summed E-state index contributed by atoms with van der Waals surface area (Å²) in [6, 6.07) is 0. The molecule has 0 spiro atoms. The minimum atomic E-state index is 0.363. The summed E-state index contributed by atoms with van der Waals surface area (Å²) in [7, 11) is 0. The van der Waals surface area contributed by atoms with Gasteiger partial charge in [-0.2, -0.15) is 0 Å². The van der Waals surface area contributed by atoms with Crippen LogP contribution < -0.4 is 11.5 Å². The molecule has 2 aliphatic rings. The first kappa shape index (κ1) is 19.2. The number of nitrogens with two attached hydrogens (primary N) is 2. The average molecular weight is 388 g/mol. The van der Waals surface area contributed by atoms with Gasteiger partial charge in [-0.3, -0.25) is 9.80 Å². The lowest BCUT2D eigenvalue weighted by molar-refractivity contribution is 0.0382. The van der Waals surface area contributed by atoms with Crippen molar-refractivity contribution in [2.75, 3.05) is 77.2 Å². The summed E-state index contributed by atoms with van der Waals surface area (Å²) >= 11 is 0. The molecular formula is C18H28N8O2. The van der Waals surface area contributed by atoms with Crippen molar-refractivity contribution in [3.05, 3.63) is 11.5 Å². The van der Waals surface area contributed by atoms with Crippen molar-refractivity contribution in [2.45, 2.75) is 12.8 Å². The molecular weight excluding hydrogens is 360 g/mol. The maximum absolute atomic E-state index is 6.17. The van der Waals surface area contributed by atoms with Crippen LogP contribution in [0.25, 0.3) is 11.2 Å². The molecule has 0 saturated carbocycles. The first-order valence-electron chi connectivity index (χ1n) is 9.88. The molecule has 0 radical (unpaired) electrons. The maximum Gasteiger partial charge on any atom is 0.185 e. The molecule has 4 rings (SSSR count). The van der Waals surface area contributed by atoms with Gasteiger partial charge in [0, 0.05) is 52.1 Å². The van der Waals surface area contributed by atoms with E-state index in [4.69, 9.17) is 20.9 Å². The number of nitrogen functional groups attached to an aromatic ring is 2. The van der Waals surface area contributed by atoms with Crippen LogP contribution in [0.15, 0.2) is 0 Å². The number of hydrogen-bond donors (Lipinski definition) is 2. The normalized spacial score (nSPS) is 19.3. The SMILES string of the molecule is Nc1nc2nc(CCN3CCOCC3)nc(N)c2nc1CCN1CCOCC1. The molecule has 2 aliphatic heterocycles. The predicted molar refractivity (Wildman–Crippen MR) is 106 cm³/mol. The van der Waals surface area contributed by atoms with E-state index in [2.05, 4.69) is 29.7 Å². The molecule has 2 aromatic rings. The van der Waals surface area contributed by atoms with E-state index >= 15 is 0 Å². The Morgan fingerprint density at radius 1 is 0.714 bits per heavy atom. The highest BCUT2D eigenvalue weighted by Gasteiger charge is 2.16. The molecule has 0 aromatic carbocycles. The van der Waals surface area contributed by atoms with Crippen LogP contribution in [0.3, 0.4) is 0 Å². The van der Waals surface area contributed by atoms with Crippen LogP contribution in [0.5, 0.6) is 0 Å². The average Bonchev–Trinajstić information content (AvgIpc) is 2.72. The summed E-state index contributed by atoms with van der Waals surface area (Å²) in [6.45, 7) is 8.55. The fourth-order valence-electron chi connectivity index (χ4n) is 3.53. The summed E-state index contributed by atoms with van der Waals surface area (Å²) in [5.74, 6) is 1.45. The third-order valence-corrected chi connectivity index (χ3v) is 5.23. The highest BCUT2D eigenvalue weighted by Crippen LogP contribution is 2.19. The molecule has 2 saturated heterocycles. The topological polar surface area (TPSA) is 129 Å². The van der Waals surface area contributed by atoms with Crippen LogP contribution in [-0.2, 0) is 22.3 Å². The number of fused-ring (bicyclic) bond motifs is 1. The smallest absolute Gasteiger partial charge is 0.185 e. The molecule has 10 nitrogen and oxygen atoms in total. The van der Waals surface area contributed by atoms with Gasteiger partial charge in [0.2, 0.25) is 0 Å². The van der Waals surface area contributed by atoms with Gasteiger partial charge in [-0.05, 0) is 0 Å². The second-order valence-electron chi connectivity index (χ2n) is 7.16. The Bertz CT molecular complexity index is 806. The summed E-state index contributed by atoms with van der Waals surface area (Å²) in [5, 5.41) is 0. The first-order valence-corrected chi connectivity index (χ1v) is 9.88. The van der Waals surface area contributed by atoms with E-state index in [1.807, 2.05) is 0 Å². The third-order valence-electron chi connectivity index (χ3n) is 5.23. The molecule has 152 valence electrons. The summed E-state index contributed by atoms with van der Waals surface area (Å²) < 4.78 is 10.8. The lowest BCUT2D eigenvalue weighted by atomic mass is 10.2. The minimum absolute atomic E-state index is 0.363. The number of nitrogens with zero attached hydrogens (tertiary/aromatic N) is 6. The zero-order chi connectivity index (χ0) is 19.3. The zero-order valence-electron chi connectivity index (χ0n) is 16.1. The standard InChI is InChI=1S/C18H28N8O2/c19-16-13(1-3-25-5-9-27-10-6-25)21-15-17(20)22-14(23-18(15)24-16)2-4-26-7-11-28-12-8-26/h1-12H2,(H4,19,20,22,23,24). The van der Waals surface area contributed by atoms with Crippen molar-refractivity contribution < 1.29 is 9.47 Å². The van der Waals surface area contributed by atoms with Crippen LogP contribution >= 0.6 is 0 Å². The van der Waals surface area contributed by atoms with E-state index in [0.717, 1.165) is 71.4 Å². The minimum Gasteiger partial charge on any atom is -0.382 e. The Balaban J connectivity index is 1.45. The van der Waals surface area contributed by atoms with Gasteiger partial charge in [-0.15, -0.1) is 0 Å². The zero-order valence-corrected chi connectivity index (χ0v) is 16.1. The van der Waals surface area contributed by atoms with Gasteiger partial charge in [0.1, 0.15) is 11.6 Å². The van der Waals surface area contributed by atoms with Crippen LogP contribution in [0.1, 0.15) is 11.5 Å². The molecule has 0 atom stereocenters. The Hall–Kier alpha value is -2.14. The molecule has 0 amide bonds. The lowest BCUT2D eigenvalue weighted by Crippen LogP contribution is -2.37. The first-order chi connectivity index (χ1) is 13.7. The number of morpholine rings is 2. The Morgan fingerprint density at radius 2 is 1.32 bits per heavy atom. The van der Waals surface area contributed by atoms with E-state index in [1.165, 1.54) is 0 Å². The monoisotopic (exact) mass is 388 g/mol. The Morgan fingerprint density at radius 3 is 1.96 bits per heavy atom. The number of hydrogen-bond acceptors (Lipinski definition) is 10. The summed E-state index contributed by atoms with van der Waals surface area (Å²) in [4.78, 5) is 22.8. The number of anilines is 2. The van der Waals surface area contributed by atoms with Gasteiger partial charge < -0.3 is 20.9 Å². The van der Waals surface area contributed by atoms with E-state index in [0.29, 0.717) is 41.5 Å². The number of rotatable bonds is 6. The fraction of sp³-hybridized carbons (Fsp3) is 0.667. The number of ether oxygens (including phenoxy) is 2. The molecule has 2 fully saturated rings. The van der Waals surface area contributed by atoms with Gasteiger partial charge >= 0.3 is 0 Å². The highest BCUT2D eigenvalue weighted by molar-refractivity contribution is 5.82. The predicted octanol–water partition coefficient (Wildman–Crippen LogP) is -0.666. The van der Waals surface area contributed by atoms with Crippen LogP contribution in [0.4, 0.5) is 11.6 Å². The maximum atomic E-state index is 6.17. The van der Waals surface area contributed by atoms with Gasteiger partial charge in [0.05, 0.1) is 32.1 Å². The van der Waals surface area contributed by atoms with Gasteiger partial charge in [0.25, 0.3) is 0 Å². The van der Waals surface area contributed by atoms with Gasteiger partial charge in [-0.1, -0.05) is 0 Å². The molecule has 28 heavy (non-hydrogen) atoms. The summed E-state index contributed by atoms with van der Waals surface area (Å²) in [5.41, 5.74) is 14.1. The molecule has 0 bridgehead atoms. The van der Waals surface area contributed by atoms with Crippen molar-refractivity contribution in [3.63, 3.8) is 0 Å². The second-order valence-corrected chi connectivity index (χ2v) is 7.16. The van der Waals surface area contributed by atoms with Crippen LogP contribution in [0.2, 0.25) is 0 Å². The molecule has 0 unspecified atom stereocenters. The van der Waals surface area contributed by atoms with E-state index in [-0.39, 0.29) is 0 Å². The van der Waals surface area contributed by atoms with Crippen molar-refractivity contribution in [2.24, 2.45) is 0 Å². The van der Waals surface area contributed by atoms with E-state index < -0.39 is 0 Å². The van der Waals surface area contributed by atoms with Gasteiger partial charge in [-0.25, -0.2) is 19.9 Å². The Kier molecular flexibility index (Phi) is 6.10. The number of aromatic nitrogens is 4. The van der Waals surface area contributed by atoms with E-state index in [9.17, 15) is 0 Å². The van der Waals surface area contributed by atoms with Crippen molar-refractivity contribution in [1.29, 1.82) is 0 Å². The molecule has 2 aromatic heterocycles. The largest absolute Gasteiger partial charge is 0.382 e. The van der Waals surface area contributed by atoms with E-state index in [1.54, 1.807) is 0 Å². The fourth-order valence-corrected chi connectivity index (χ4v) is 3.53. The second kappa shape index (κ2) is 8.91. The highest BCUT2D eigenvalue weighted by atomic mass is 16.5. The third kappa shape index (κ3) is 4.64. The lowest BCUT2D eigenvalue weighted by Gasteiger charge is -2.26. The molecule has 10 heteroatoms.